The molecule has 0 bridgehead atoms. The lowest BCUT2D eigenvalue weighted by molar-refractivity contribution is -0.382. The predicted octanol–water partition coefficient (Wildman–Crippen LogP) is -1.20. The molecule has 4 saturated carbocycles. The molecule has 0 radical (unpaired) electrons. The molecule has 3 heterocycles. The van der Waals surface area contributed by atoms with E-state index in [1.165, 1.54) is 6.92 Å². The van der Waals surface area contributed by atoms with Gasteiger partial charge in [-0.2, -0.15) is 0 Å². The summed E-state index contributed by atoms with van der Waals surface area (Å²) in [6, 6.07) is 0. The summed E-state index contributed by atoms with van der Waals surface area (Å²) in [4.78, 5) is 0. The number of hydrogen-bond donors (Lipinski definition) is 13. The van der Waals surface area contributed by atoms with E-state index in [1.54, 1.807) is 19.1 Å². The second kappa shape index (κ2) is 19.4. The fraction of sp³-hybridized carbons (Fsp3) is 0.958. The number of hydrogen-bond acceptors (Lipinski definition) is 19. The van der Waals surface area contributed by atoms with Crippen LogP contribution in [0.4, 0.5) is 0 Å². The summed E-state index contributed by atoms with van der Waals surface area (Å²) in [6.07, 6.45) is -20.2. The molecule has 27 atom stereocenters. The van der Waals surface area contributed by atoms with Crippen molar-refractivity contribution in [1.82, 2.24) is 0 Å². The van der Waals surface area contributed by atoms with E-state index in [4.69, 9.17) is 28.4 Å². The summed E-state index contributed by atoms with van der Waals surface area (Å²) in [5.41, 5.74) is -4.07. The van der Waals surface area contributed by atoms with E-state index < -0.39 is 175 Å². The molecule has 0 amide bonds. The highest BCUT2D eigenvalue weighted by Gasteiger charge is 2.74. The zero-order chi connectivity index (χ0) is 49.7. The normalized spacial score (nSPS) is 53.7. The number of aliphatic hydroxyl groups is 13. The van der Waals surface area contributed by atoms with Crippen LogP contribution in [-0.4, -0.2) is 202 Å². The van der Waals surface area contributed by atoms with Crippen LogP contribution in [0.25, 0.3) is 0 Å². The Hall–Kier alpha value is -1.02. The highest BCUT2D eigenvalue weighted by Crippen LogP contribution is 2.76. The lowest BCUT2D eigenvalue weighted by atomic mass is 9.34. The average molecular weight is 963 g/mol. The van der Waals surface area contributed by atoms with Gasteiger partial charge in [0.25, 0.3) is 0 Å². The van der Waals surface area contributed by atoms with Crippen LogP contribution in [0.1, 0.15) is 101 Å². The van der Waals surface area contributed by atoms with Gasteiger partial charge in [0.05, 0.1) is 49.3 Å². The van der Waals surface area contributed by atoms with Crippen molar-refractivity contribution >= 4 is 0 Å². The number of rotatable bonds is 12. The molecule has 4 aliphatic carbocycles. The van der Waals surface area contributed by atoms with E-state index in [-0.39, 0.29) is 11.8 Å². The van der Waals surface area contributed by atoms with Crippen LogP contribution in [0, 0.1) is 51.2 Å². The van der Waals surface area contributed by atoms with Gasteiger partial charge in [-0.3, -0.25) is 0 Å². The van der Waals surface area contributed by atoms with Gasteiger partial charge in [0.2, 0.25) is 0 Å². The van der Waals surface area contributed by atoms with Gasteiger partial charge in [0, 0.05) is 0 Å². The van der Waals surface area contributed by atoms with Crippen molar-refractivity contribution in [2.24, 2.45) is 51.2 Å². The Morgan fingerprint density at radius 3 is 1.88 bits per heavy atom. The Balaban J connectivity index is 1.28. The van der Waals surface area contributed by atoms with Crippen molar-refractivity contribution in [2.45, 2.75) is 223 Å². The highest BCUT2D eigenvalue weighted by molar-refractivity contribution is 5.23. The van der Waals surface area contributed by atoms with E-state index in [0.717, 1.165) is 0 Å². The number of fused-ring (bicyclic) bond motifs is 5. The van der Waals surface area contributed by atoms with Crippen molar-refractivity contribution < 1.29 is 94.8 Å². The molecule has 0 aromatic carbocycles. The van der Waals surface area contributed by atoms with Crippen LogP contribution in [0.3, 0.4) is 0 Å². The van der Waals surface area contributed by atoms with Crippen LogP contribution in [0.15, 0.2) is 12.2 Å². The zero-order valence-corrected chi connectivity index (χ0v) is 40.4. The Morgan fingerprint density at radius 1 is 0.687 bits per heavy atom. The molecule has 19 heteroatoms. The first-order valence-corrected chi connectivity index (χ1v) is 24.5. The van der Waals surface area contributed by atoms with E-state index in [9.17, 15) is 66.4 Å². The topological polar surface area (TPSA) is 318 Å². The van der Waals surface area contributed by atoms with Gasteiger partial charge >= 0.3 is 0 Å². The fourth-order valence-electron chi connectivity index (χ4n) is 14.6. The quantitative estimate of drug-likeness (QED) is 0.0807. The fourth-order valence-corrected chi connectivity index (χ4v) is 14.6. The largest absolute Gasteiger partial charge is 0.394 e. The van der Waals surface area contributed by atoms with Gasteiger partial charge in [-0.05, 0) is 104 Å². The van der Waals surface area contributed by atoms with Gasteiger partial charge in [-0.1, -0.05) is 60.6 Å². The predicted molar refractivity (Wildman–Crippen MR) is 235 cm³/mol. The van der Waals surface area contributed by atoms with Gasteiger partial charge in [0.1, 0.15) is 67.1 Å². The molecule has 0 spiro atoms. The smallest absolute Gasteiger partial charge is 0.187 e. The van der Waals surface area contributed by atoms with Gasteiger partial charge in [0.15, 0.2) is 18.9 Å². The Kier molecular flexibility index (Phi) is 15.6. The summed E-state index contributed by atoms with van der Waals surface area (Å²) in [6.45, 7) is 16.1. The lowest BCUT2D eigenvalue weighted by Crippen LogP contribution is -2.71. The van der Waals surface area contributed by atoms with Crippen molar-refractivity contribution in [3.8, 4) is 0 Å². The van der Waals surface area contributed by atoms with Gasteiger partial charge in [-0.25, -0.2) is 0 Å². The standard InChI is InChI=1S/C48H82O19/c1-20(2)23(51)11-15-48(9,67-42-38(61)35(58)32(55)26(18-49)64-42)22-10-14-46(7)30(22)24(52)16-28-45(6)13-12-29(53)44(4,5)40(45)25(17-47(28,46)8)63-43-39(36(59)33(56)27(19-50)65-43)66-41-37(60)34(57)31(54)21(3)62-41/h11,15,20-43,49-61H,10,12-14,16-19H2,1-9H3/b15-11+/t21-,22+,23+,24-,25-,26+,27+,28+,29-,30-,31+,32+,33+,34+,35-,36+,37-,38-,39-,40+,41+,42+,43-,45+,46-,47+,48-/m1/s1. The van der Waals surface area contributed by atoms with Crippen LogP contribution < -0.4 is 0 Å². The van der Waals surface area contributed by atoms with E-state index in [1.807, 2.05) is 27.7 Å². The minimum atomic E-state index is -1.77. The Bertz CT molecular complexity index is 1720. The molecule has 0 unspecified atom stereocenters. The summed E-state index contributed by atoms with van der Waals surface area (Å²) in [5, 5.41) is 143. The molecule has 67 heavy (non-hydrogen) atoms. The first-order valence-electron chi connectivity index (χ1n) is 24.5. The average Bonchev–Trinajstić information content (AvgIpc) is 3.66. The molecule has 0 aromatic rings. The van der Waals surface area contributed by atoms with Crippen LogP contribution in [0.5, 0.6) is 0 Å². The molecule has 7 aliphatic rings. The van der Waals surface area contributed by atoms with E-state index >= 15 is 0 Å². The molecule has 3 saturated heterocycles. The van der Waals surface area contributed by atoms with E-state index in [0.29, 0.717) is 38.5 Å². The molecule has 7 fully saturated rings. The molecule has 7 rings (SSSR count). The molecule has 388 valence electrons. The molecule has 13 N–H and O–H groups in total. The van der Waals surface area contributed by atoms with Crippen LogP contribution in [0.2, 0.25) is 0 Å². The first kappa shape index (κ1) is 53.8. The van der Waals surface area contributed by atoms with Crippen molar-refractivity contribution in [2.75, 3.05) is 13.2 Å². The first-order chi connectivity index (χ1) is 31.1. The monoisotopic (exact) mass is 963 g/mol. The summed E-state index contributed by atoms with van der Waals surface area (Å²) >= 11 is 0. The molecule has 3 aliphatic heterocycles. The maximum Gasteiger partial charge on any atom is 0.187 e. The minimum absolute atomic E-state index is 0.139. The third-order valence-electron chi connectivity index (χ3n) is 18.7. The van der Waals surface area contributed by atoms with Crippen molar-refractivity contribution in [1.29, 1.82) is 0 Å². The maximum absolute atomic E-state index is 12.7. The molecular formula is C48H82O19. The van der Waals surface area contributed by atoms with Gasteiger partial charge < -0.3 is 94.8 Å². The zero-order valence-electron chi connectivity index (χ0n) is 40.4. The van der Waals surface area contributed by atoms with Crippen LogP contribution >= 0.6 is 0 Å². The molecular weight excluding hydrogens is 881 g/mol. The second-order valence-electron chi connectivity index (χ2n) is 23.2. The highest BCUT2D eigenvalue weighted by atomic mass is 16.8. The van der Waals surface area contributed by atoms with Crippen molar-refractivity contribution in [3.05, 3.63) is 12.2 Å². The SMILES string of the molecule is CC(C)[C@@H](O)/C=C/[C@@](C)(O[C@@H]1O[C@@H](CO)[C@H](O)[C@@H](O)[C@H]1O)[C@H]1CC[C@]2(C)[C@H]1[C@H](O)C[C@H]1[C@]3(C)CC[C@@H](O)C(C)(C)[C@@H]3[C@H](O[C@@H]3O[C@@H](CO)[C@H](O)[C@H](O)[C@H]3O[C@@H]3O[C@H](C)[C@H](O)[C@H](O)[C@H]3O)C[C@@]12C. The summed E-state index contributed by atoms with van der Waals surface area (Å²) in [5.74, 6) is -1.69. The summed E-state index contributed by atoms with van der Waals surface area (Å²) < 4.78 is 37.8. The second-order valence-corrected chi connectivity index (χ2v) is 23.2. The maximum atomic E-state index is 12.7. The lowest BCUT2D eigenvalue weighted by Gasteiger charge is -2.72. The van der Waals surface area contributed by atoms with Crippen molar-refractivity contribution in [3.63, 3.8) is 0 Å². The summed E-state index contributed by atoms with van der Waals surface area (Å²) in [7, 11) is 0. The number of aliphatic hydroxyl groups excluding tert-OH is 13. The number of ether oxygens (including phenoxy) is 6. The third kappa shape index (κ3) is 8.92. The van der Waals surface area contributed by atoms with Crippen LogP contribution in [-0.2, 0) is 28.4 Å². The third-order valence-corrected chi connectivity index (χ3v) is 18.7. The Labute approximate surface area is 393 Å². The molecule has 0 aromatic heterocycles. The molecule has 19 nitrogen and oxygen atoms in total. The minimum Gasteiger partial charge on any atom is -0.394 e. The van der Waals surface area contributed by atoms with Gasteiger partial charge in [-0.15, -0.1) is 0 Å². The van der Waals surface area contributed by atoms with E-state index in [2.05, 4.69) is 20.8 Å². The Morgan fingerprint density at radius 2 is 1.27 bits per heavy atom.